The summed E-state index contributed by atoms with van der Waals surface area (Å²) in [7, 11) is 0. The van der Waals surface area contributed by atoms with Crippen LogP contribution in [-0.2, 0) is 10.8 Å². The van der Waals surface area contributed by atoms with Crippen LogP contribution in [0.4, 0.5) is 17.1 Å². The van der Waals surface area contributed by atoms with Gasteiger partial charge < -0.3 is 4.90 Å². The fourth-order valence-corrected chi connectivity index (χ4v) is 10.5. The van der Waals surface area contributed by atoms with Crippen molar-refractivity contribution in [3.8, 4) is 55.6 Å². The molecule has 1 atom stereocenters. The maximum absolute atomic E-state index is 2.59. The van der Waals surface area contributed by atoms with Gasteiger partial charge in [0, 0.05) is 22.2 Å². The Balaban J connectivity index is 1.24. The maximum atomic E-state index is 2.59. The molecule has 5 aliphatic rings. The van der Waals surface area contributed by atoms with Crippen LogP contribution in [0.15, 0.2) is 176 Å². The summed E-state index contributed by atoms with van der Waals surface area (Å²) in [5.41, 5.74) is 24.1. The summed E-state index contributed by atoms with van der Waals surface area (Å²) in [5.74, 6) is 0. The Morgan fingerprint density at radius 1 is 0.340 bits per heavy atom. The molecule has 8 aromatic carbocycles. The molecular formula is C52H35N. The Morgan fingerprint density at radius 2 is 0.887 bits per heavy atom. The molecule has 1 heteroatoms. The highest BCUT2D eigenvalue weighted by Crippen LogP contribution is 2.67. The number of anilines is 3. The number of fused-ring (bicyclic) bond motifs is 7. The monoisotopic (exact) mass is 673 g/mol. The van der Waals surface area contributed by atoms with Gasteiger partial charge in [0.25, 0.3) is 0 Å². The first kappa shape index (κ1) is 29.2. The molecule has 4 bridgehead atoms. The Hall–Kier alpha value is -6.44. The van der Waals surface area contributed by atoms with Crippen molar-refractivity contribution in [3.05, 3.63) is 209 Å². The highest BCUT2D eigenvalue weighted by molar-refractivity contribution is 6.04. The molecule has 8 aromatic rings. The van der Waals surface area contributed by atoms with Crippen molar-refractivity contribution in [1.82, 2.24) is 0 Å². The minimum Gasteiger partial charge on any atom is -0.310 e. The maximum Gasteiger partial charge on any atom is 0.0746 e. The van der Waals surface area contributed by atoms with Gasteiger partial charge in [-0.05, 0) is 114 Å². The number of nitrogens with zero attached hydrogens (tertiary/aromatic N) is 1. The fourth-order valence-electron chi connectivity index (χ4n) is 10.5. The Labute approximate surface area is 310 Å². The van der Waals surface area contributed by atoms with Crippen LogP contribution in [0.25, 0.3) is 55.6 Å². The second-order valence-corrected chi connectivity index (χ2v) is 15.6. The molecule has 1 nitrogen and oxygen atoms in total. The molecule has 2 aliphatic heterocycles. The third-order valence-electron chi connectivity index (χ3n) is 12.8. The number of hydrogen-bond donors (Lipinski definition) is 0. The predicted molar refractivity (Wildman–Crippen MR) is 219 cm³/mol. The normalized spacial score (nSPS) is 17.1. The first-order valence-electron chi connectivity index (χ1n) is 18.8. The summed E-state index contributed by atoms with van der Waals surface area (Å²) in [6, 6.07) is 66.7. The van der Waals surface area contributed by atoms with Gasteiger partial charge in [-0.15, -0.1) is 0 Å². The SMILES string of the molecule is CC1(C)c2ccccc2-c2cc3c(cc21)N(c1ccc(-c2ccccc2)cc1)c1cccc2c1C1(c4ccccc4-c4cc-3ccc41)c1ccccc1-2. The average molecular weight is 674 g/mol. The Kier molecular flexibility index (Phi) is 5.57. The average Bonchev–Trinajstić information content (AvgIpc) is 3.76. The molecule has 0 aromatic heterocycles. The molecule has 1 unspecified atom stereocenters. The van der Waals surface area contributed by atoms with E-state index < -0.39 is 5.41 Å². The van der Waals surface area contributed by atoms with E-state index >= 15 is 0 Å². The molecule has 3 aliphatic carbocycles. The molecule has 248 valence electrons. The summed E-state index contributed by atoms with van der Waals surface area (Å²) < 4.78 is 0. The lowest BCUT2D eigenvalue weighted by atomic mass is 9.69. The van der Waals surface area contributed by atoms with Crippen molar-refractivity contribution in [1.29, 1.82) is 0 Å². The summed E-state index contributed by atoms with van der Waals surface area (Å²) in [6.45, 7) is 4.78. The van der Waals surface area contributed by atoms with E-state index in [1.807, 2.05) is 0 Å². The van der Waals surface area contributed by atoms with E-state index in [2.05, 4.69) is 195 Å². The van der Waals surface area contributed by atoms with Crippen molar-refractivity contribution < 1.29 is 0 Å². The predicted octanol–water partition coefficient (Wildman–Crippen LogP) is 13.5. The zero-order valence-electron chi connectivity index (χ0n) is 29.7. The molecular weight excluding hydrogens is 639 g/mol. The van der Waals surface area contributed by atoms with E-state index in [1.165, 1.54) is 100 Å². The van der Waals surface area contributed by atoms with E-state index in [4.69, 9.17) is 0 Å². The van der Waals surface area contributed by atoms with Crippen LogP contribution in [0.1, 0.15) is 47.2 Å². The van der Waals surface area contributed by atoms with Crippen LogP contribution >= 0.6 is 0 Å². The van der Waals surface area contributed by atoms with Gasteiger partial charge in [0.1, 0.15) is 0 Å². The molecule has 0 saturated heterocycles. The van der Waals surface area contributed by atoms with Crippen LogP contribution in [0.2, 0.25) is 0 Å². The third kappa shape index (κ3) is 3.57. The minimum absolute atomic E-state index is 0.142. The van der Waals surface area contributed by atoms with Gasteiger partial charge in [-0.3, -0.25) is 0 Å². The Morgan fingerprint density at radius 3 is 1.62 bits per heavy atom. The lowest BCUT2D eigenvalue weighted by Gasteiger charge is -2.38. The molecule has 0 amide bonds. The van der Waals surface area contributed by atoms with Crippen molar-refractivity contribution >= 4 is 17.1 Å². The standard InChI is InChI=1S/C52H35N/c1-51(2)43-19-9-6-16-37(43)42-30-40-34-25-28-46-41(29-34)38-17-8-11-21-45(38)52(46)44-20-10-7-15-36(44)39-18-12-22-48(50(39)52)53(49(40)31-47(42)51)35-26-23-33(24-27-35)32-13-4-3-5-14-32/h3-31H,1-2H3. The molecule has 0 saturated carbocycles. The largest absolute Gasteiger partial charge is 0.310 e. The molecule has 13 rings (SSSR count). The Bertz CT molecular complexity index is 2860. The second kappa shape index (κ2) is 10.1. The van der Waals surface area contributed by atoms with E-state index in [1.54, 1.807) is 0 Å². The van der Waals surface area contributed by atoms with Crippen LogP contribution in [0.5, 0.6) is 0 Å². The third-order valence-corrected chi connectivity index (χ3v) is 12.8. The lowest BCUT2D eigenvalue weighted by Crippen LogP contribution is -2.29. The van der Waals surface area contributed by atoms with Gasteiger partial charge in [-0.25, -0.2) is 0 Å². The van der Waals surface area contributed by atoms with Gasteiger partial charge in [-0.2, -0.15) is 0 Å². The van der Waals surface area contributed by atoms with Crippen molar-refractivity contribution in [2.75, 3.05) is 4.90 Å². The molecule has 0 fully saturated rings. The highest BCUT2D eigenvalue weighted by atomic mass is 15.2. The van der Waals surface area contributed by atoms with Gasteiger partial charge in [0.15, 0.2) is 0 Å². The van der Waals surface area contributed by atoms with Gasteiger partial charge in [0.2, 0.25) is 0 Å². The molecule has 53 heavy (non-hydrogen) atoms. The molecule has 0 radical (unpaired) electrons. The molecule has 2 heterocycles. The first-order valence-corrected chi connectivity index (χ1v) is 18.8. The van der Waals surface area contributed by atoms with Gasteiger partial charge >= 0.3 is 0 Å². The summed E-state index contributed by atoms with van der Waals surface area (Å²) in [5, 5.41) is 0. The van der Waals surface area contributed by atoms with Crippen LogP contribution in [-0.4, -0.2) is 0 Å². The second-order valence-electron chi connectivity index (χ2n) is 15.6. The summed E-state index contributed by atoms with van der Waals surface area (Å²) in [4.78, 5) is 2.59. The van der Waals surface area contributed by atoms with Gasteiger partial charge in [-0.1, -0.05) is 153 Å². The summed E-state index contributed by atoms with van der Waals surface area (Å²) >= 11 is 0. The highest BCUT2D eigenvalue weighted by Gasteiger charge is 2.54. The quantitative estimate of drug-likeness (QED) is 0.177. The minimum atomic E-state index is -0.445. The first-order chi connectivity index (χ1) is 26.0. The van der Waals surface area contributed by atoms with Crippen molar-refractivity contribution in [3.63, 3.8) is 0 Å². The molecule has 1 spiro atoms. The van der Waals surface area contributed by atoms with E-state index in [-0.39, 0.29) is 5.41 Å². The van der Waals surface area contributed by atoms with Crippen LogP contribution in [0, 0.1) is 0 Å². The lowest BCUT2D eigenvalue weighted by molar-refractivity contribution is 0.660. The topological polar surface area (TPSA) is 3.24 Å². The number of rotatable bonds is 2. The van der Waals surface area contributed by atoms with Crippen molar-refractivity contribution in [2.24, 2.45) is 0 Å². The van der Waals surface area contributed by atoms with Crippen LogP contribution in [0.3, 0.4) is 0 Å². The zero-order chi connectivity index (χ0) is 35.1. The zero-order valence-corrected chi connectivity index (χ0v) is 29.7. The molecule has 0 N–H and O–H groups in total. The van der Waals surface area contributed by atoms with E-state index in [0.29, 0.717) is 0 Å². The van der Waals surface area contributed by atoms with Crippen molar-refractivity contribution in [2.45, 2.75) is 24.7 Å². The van der Waals surface area contributed by atoms with E-state index in [0.717, 1.165) is 5.69 Å². The number of benzene rings is 8. The van der Waals surface area contributed by atoms with Gasteiger partial charge in [0.05, 0.1) is 16.8 Å². The smallest absolute Gasteiger partial charge is 0.0746 e. The van der Waals surface area contributed by atoms with E-state index in [9.17, 15) is 0 Å². The fraction of sp³-hybridized carbons (Fsp3) is 0.0769. The summed E-state index contributed by atoms with van der Waals surface area (Å²) in [6.07, 6.45) is 0. The van der Waals surface area contributed by atoms with Crippen LogP contribution < -0.4 is 4.90 Å². The number of hydrogen-bond acceptors (Lipinski definition) is 1.